The van der Waals surface area contributed by atoms with Gasteiger partial charge in [-0.15, -0.1) is 0 Å². The van der Waals surface area contributed by atoms with Crippen LogP contribution in [-0.4, -0.2) is 24.2 Å². The predicted molar refractivity (Wildman–Crippen MR) is 65.9 cm³/mol. The molecular weight excluding hydrogens is 224 g/mol. The molecule has 1 unspecified atom stereocenters. The van der Waals surface area contributed by atoms with Crippen LogP contribution in [0, 0.1) is 0 Å². The summed E-state index contributed by atoms with van der Waals surface area (Å²) in [4.78, 5) is 4.04. The normalized spacial score (nSPS) is 19.7. The van der Waals surface area contributed by atoms with Crippen molar-refractivity contribution in [2.45, 2.75) is 18.9 Å². The van der Waals surface area contributed by atoms with Gasteiger partial charge in [0.1, 0.15) is 17.5 Å². The largest absolute Gasteiger partial charge is 0.490 e. The number of hydrogen-bond donors (Lipinski definition) is 1. The third-order valence-corrected chi connectivity index (χ3v) is 2.99. The molecule has 0 saturated carbocycles. The van der Waals surface area contributed by atoms with Crippen LogP contribution < -0.4 is 10.1 Å². The highest BCUT2D eigenvalue weighted by Gasteiger charge is 2.14. The fourth-order valence-electron chi connectivity index (χ4n) is 1.76. The van der Waals surface area contributed by atoms with Crippen LogP contribution in [-0.2, 0) is 0 Å². The van der Waals surface area contributed by atoms with Gasteiger partial charge in [-0.3, -0.25) is 0 Å². The molecule has 0 aliphatic carbocycles. The Morgan fingerprint density at radius 2 is 2.56 bits per heavy atom. The topological polar surface area (TPSA) is 34.1 Å². The summed E-state index contributed by atoms with van der Waals surface area (Å²) >= 11 is 5.87. The van der Waals surface area contributed by atoms with Gasteiger partial charge >= 0.3 is 0 Å². The average Bonchev–Trinajstić information content (AvgIpc) is 2.81. The van der Waals surface area contributed by atoms with Crippen LogP contribution in [0.25, 0.3) is 6.08 Å². The van der Waals surface area contributed by atoms with Crippen LogP contribution in [0.3, 0.4) is 0 Å². The van der Waals surface area contributed by atoms with Crippen molar-refractivity contribution in [3.63, 3.8) is 0 Å². The zero-order valence-electron chi connectivity index (χ0n) is 9.08. The minimum atomic E-state index is 0.460. The van der Waals surface area contributed by atoms with E-state index < -0.39 is 0 Å². The second kappa shape index (κ2) is 5.32. The summed E-state index contributed by atoms with van der Waals surface area (Å²) in [5, 5.41) is 3.83. The lowest BCUT2D eigenvalue weighted by Gasteiger charge is -2.12. The Morgan fingerprint density at radius 1 is 1.69 bits per heavy atom. The lowest BCUT2D eigenvalue weighted by molar-refractivity contribution is 0.276. The standard InChI is InChI=1S/C12H15ClN2O/c1-2-9-6-11(7-15-12(9)13)16-8-10-4-3-5-14-10/h2,6-7,10,14H,1,3-5,8H2. The van der Waals surface area contributed by atoms with Crippen molar-refractivity contribution >= 4 is 17.7 Å². The monoisotopic (exact) mass is 238 g/mol. The van der Waals surface area contributed by atoms with E-state index in [-0.39, 0.29) is 0 Å². The Bertz CT molecular complexity index is 375. The van der Waals surface area contributed by atoms with E-state index in [0.717, 1.165) is 17.9 Å². The summed E-state index contributed by atoms with van der Waals surface area (Å²) in [5.74, 6) is 0.744. The second-order valence-corrected chi connectivity index (χ2v) is 4.22. The number of nitrogens with zero attached hydrogens (tertiary/aromatic N) is 1. The van der Waals surface area contributed by atoms with Gasteiger partial charge in [0.05, 0.1) is 6.20 Å². The predicted octanol–water partition coefficient (Wildman–Crippen LogP) is 2.51. The molecule has 1 fully saturated rings. The number of halogens is 1. The molecule has 1 N–H and O–H groups in total. The molecule has 0 radical (unpaired) electrons. The molecule has 1 atom stereocenters. The van der Waals surface area contributed by atoms with Gasteiger partial charge in [-0.2, -0.15) is 0 Å². The molecule has 86 valence electrons. The maximum absolute atomic E-state index is 5.87. The van der Waals surface area contributed by atoms with Gasteiger partial charge in [-0.1, -0.05) is 24.3 Å². The van der Waals surface area contributed by atoms with E-state index in [2.05, 4.69) is 16.9 Å². The summed E-state index contributed by atoms with van der Waals surface area (Å²) in [5.41, 5.74) is 0.804. The molecule has 0 amide bonds. The molecule has 1 saturated heterocycles. The van der Waals surface area contributed by atoms with Crippen LogP contribution in [0.1, 0.15) is 18.4 Å². The Balaban J connectivity index is 1.95. The molecule has 0 spiro atoms. The summed E-state index contributed by atoms with van der Waals surface area (Å²) < 4.78 is 5.66. The van der Waals surface area contributed by atoms with Crippen molar-refractivity contribution in [2.75, 3.05) is 13.2 Å². The molecule has 3 nitrogen and oxygen atoms in total. The summed E-state index contributed by atoms with van der Waals surface area (Å²) in [6.07, 6.45) is 5.72. The lowest BCUT2D eigenvalue weighted by atomic mass is 10.2. The van der Waals surface area contributed by atoms with E-state index in [1.54, 1.807) is 12.3 Å². The third kappa shape index (κ3) is 2.74. The lowest BCUT2D eigenvalue weighted by Crippen LogP contribution is -2.28. The minimum absolute atomic E-state index is 0.460. The van der Waals surface area contributed by atoms with Crippen LogP contribution in [0.4, 0.5) is 0 Å². The van der Waals surface area contributed by atoms with Crippen molar-refractivity contribution in [3.05, 3.63) is 29.6 Å². The van der Waals surface area contributed by atoms with E-state index in [4.69, 9.17) is 16.3 Å². The molecule has 0 bridgehead atoms. The van der Waals surface area contributed by atoms with E-state index in [0.29, 0.717) is 17.8 Å². The number of ether oxygens (including phenoxy) is 1. The second-order valence-electron chi connectivity index (χ2n) is 3.86. The van der Waals surface area contributed by atoms with E-state index in [9.17, 15) is 0 Å². The van der Waals surface area contributed by atoms with Crippen LogP contribution >= 0.6 is 11.6 Å². The van der Waals surface area contributed by atoms with Gasteiger partial charge in [0.2, 0.25) is 0 Å². The molecule has 2 rings (SSSR count). The number of aromatic nitrogens is 1. The fourth-order valence-corrected chi connectivity index (χ4v) is 1.94. The average molecular weight is 239 g/mol. The van der Waals surface area contributed by atoms with Gasteiger partial charge < -0.3 is 10.1 Å². The molecule has 4 heteroatoms. The molecule has 1 aromatic rings. The van der Waals surface area contributed by atoms with Gasteiger partial charge in [0.25, 0.3) is 0 Å². The highest BCUT2D eigenvalue weighted by atomic mass is 35.5. The van der Waals surface area contributed by atoms with Gasteiger partial charge in [-0.05, 0) is 25.5 Å². The van der Waals surface area contributed by atoms with Crippen LogP contribution in [0.15, 0.2) is 18.8 Å². The van der Waals surface area contributed by atoms with E-state index in [1.807, 2.05) is 6.07 Å². The smallest absolute Gasteiger partial charge is 0.138 e. The number of hydrogen-bond acceptors (Lipinski definition) is 3. The summed E-state index contributed by atoms with van der Waals surface area (Å²) in [7, 11) is 0. The molecular formula is C12H15ClN2O. The fraction of sp³-hybridized carbons (Fsp3) is 0.417. The van der Waals surface area contributed by atoms with Crippen LogP contribution in [0.5, 0.6) is 5.75 Å². The van der Waals surface area contributed by atoms with Crippen molar-refractivity contribution in [1.29, 1.82) is 0 Å². The zero-order chi connectivity index (χ0) is 11.4. The first-order valence-corrected chi connectivity index (χ1v) is 5.81. The maximum Gasteiger partial charge on any atom is 0.138 e. The van der Waals surface area contributed by atoms with E-state index >= 15 is 0 Å². The SMILES string of the molecule is C=Cc1cc(OCC2CCCN2)cnc1Cl. The first-order chi connectivity index (χ1) is 7.79. The van der Waals surface area contributed by atoms with Crippen molar-refractivity contribution < 1.29 is 4.74 Å². The first-order valence-electron chi connectivity index (χ1n) is 5.44. The number of pyridine rings is 1. The molecule has 16 heavy (non-hydrogen) atoms. The summed E-state index contributed by atoms with van der Waals surface area (Å²) in [6, 6.07) is 2.32. The van der Waals surface area contributed by atoms with Gasteiger partial charge in [0.15, 0.2) is 0 Å². The van der Waals surface area contributed by atoms with Crippen LogP contribution in [0.2, 0.25) is 5.15 Å². The minimum Gasteiger partial charge on any atom is -0.490 e. The molecule has 1 aromatic heterocycles. The Labute approximate surface area is 100 Å². The molecule has 2 heterocycles. The molecule has 1 aliphatic rings. The first kappa shape index (κ1) is 11.4. The Hall–Kier alpha value is -1.06. The van der Waals surface area contributed by atoms with E-state index in [1.165, 1.54) is 12.8 Å². The zero-order valence-corrected chi connectivity index (χ0v) is 9.83. The Kier molecular flexibility index (Phi) is 3.80. The third-order valence-electron chi connectivity index (χ3n) is 2.67. The molecule has 1 aliphatic heterocycles. The van der Waals surface area contributed by atoms with Crippen molar-refractivity contribution in [3.8, 4) is 5.75 Å². The molecule has 0 aromatic carbocycles. The van der Waals surface area contributed by atoms with Gasteiger partial charge in [-0.25, -0.2) is 4.98 Å². The quantitative estimate of drug-likeness (QED) is 0.819. The van der Waals surface area contributed by atoms with Crippen molar-refractivity contribution in [1.82, 2.24) is 10.3 Å². The maximum atomic E-state index is 5.87. The highest BCUT2D eigenvalue weighted by molar-refractivity contribution is 6.30. The summed E-state index contributed by atoms with van der Waals surface area (Å²) in [6.45, 7) is 5.45. The number of rotatable bonds is 4. The number of nitrogens with one attached hydrogen (secondary N) is 1. The highest BCUT2D eigenvalue weighted by Crippen LogP contribution is 2.20. The van der Waals surface area contributed by atoms with Crippen molar-refractivity contribution in [2.24, 2.45) is 0 Å². The Morgan fingerprint density at radius 3 is 3.25 bits per heavy atom. The van der Waals surface area contributed by atoms with Gasteiger partial charge in [0, 0.05) is 11.6 Å².